The molecule has 1 fully saturated rings. The van der Waals surface area contributed by atoms with Crippen molar-refractivity contribution in [2.75, 3.05) is 25.4 Å². The van der Waals surface area contributed by atoms with Gasteiger partial charge in [0.15, 0.2) is 0 Å². The number of nitro groups is 1. The second-order valence-corrected chi connectivity index (χ2v) is 5.89. The third-order valence-corrected chi connectivity index (χ3v) is 4.18. The number of likely N-dealkylation sites (tertiary alicyclic amines) is 1. The Balaban J connectivity index is 1.99. The van der Waals surface area contributed by atoms with E-state index in [4.69, 9.17) is 5.73 Å². The Morgan fingerprint density at radius 3 is 2.62 bits per heavy atom. The van der Waals surface area contributed by atoms with Crippen LogP contribution in [0.5, 0.6) is 0 Å². The van der Waals surface area contributed by atoms with Gasteiger partial charge in [0.2, 0.25) is 5.91 Å². The van der Waals surface area contributed by atoms with E-state index in [0.717, 1.165) is 6.42 Å². The molecule has 0 atom stereocenters. The molecule has 0 radical (unpaired) electrons. The number of nitrogen functional groups attached to an aromatic ring is 1. The molecule has 0 unspecified atom stereocenters. The number of carbonyl (C=O) groups is 2. The molecule has 0 aliphatic carbocycles. The quantitative estimate of drug-likeness (QED) is 0.481. The lowest BCUT2D eigenvalue weighted by molar-refractivity contribution is -0.383. The average molecular weight is 334 g/mol. The number of rotatable bonds is 5. The highest BCUT2D eigenvalue weighted by Crippen LogP contribution is 2.25. The molecule has 0 spiro atoms. The van der Waals surface area contributed by atoms with Gasteiger partial charge in [-0.1, -0.05) is 6.92 Å². The molecule has 8 nitrogen and oxygen atoms in total. The topological polar surface area (TPSA) is 119 Å². The largest absolute Gasteiger partial charge is 0.393 e. The van der Waals surface area contributed by atoms with E-state index in [1.165, 1.54) is 18.2 Å². The number of carbonyl (C=O) groups excluding carboxylic acids is 2. The number of nitrogens with zero attached hydrogens (tertiary/aromatic N) is 2. The first kappa shape index (κ1) is 17.7. The Labute approximate surface area is 140 Å². The van der Waals surface area contributed by atoms with Gasteiger partial charge in [0.05, 0.1) is 4.92 Å². The molecule has 3 N–H and O–H groups in total. The van der Waals surface area contributed by atoms with Gasteiger partial charge in [-0.15, -0.1) is 0 Å². The number of amides is 2. The highest BCUT2D eigenvalue weighted by molar-refractivity contribution is 5.95. The molecule has 0 bridgehead atoms. The van der Waals surface area contributed by atoms with E-state index >= 15 is 0 Å². The Kier molecular flexibility index (Phi) is 5.73. The maximum absolute atomic E-state index is 12.5. The lowest BCUT2D eigenvalue weighted by Crippen LogP contribution is -2.43. The fourth-order valence-electron chi connectivity index (χ4n) is 2.75. The number of nitro benzene ring substituents is 1. The molecule has 1 heterocycles. The lowest BCUT2D eigenvalue weighted by Gasteiger charge is -2.31. The number of hydrogen-bond acceptors (Lipinski definition) is 5. The smallest absolute Gasteiger partial charge is 0.292 e. The van der Waals surface area contributed by atoms with Crippen molar-refractivity contribution in [3.8, 4) is 0 Å². The van der Waals surface area contributed by atoms with E-state index < -0.39 is 4.92 Å². The maximum Gasteiger partial charge on any atom is 0.292 e. The minimum absolute atomic E-state index is 0.0304. The molecule has 24 heavy (non-hydrogen) atoms. The molecule has 1 aliphatic heterocycles. The van der Waals surface area contributed by atoms with E-state index in [1.54, 1.807) is 4.90 Å². The van der Waals surface area contributed by atoms with Crippen molar-refractivity contribution in [1.29, 1.82) is 0 Å². The van der Waals surface area contributed by atoms with Crippen LogP contribution in [0.3, 0.4) is 0 Å². The van der Waals surface area contributed by atoms with Gasteiger partial charge in [-0.25, -0.2) is 0 Å². The lowest BCUT2D eigenvalue weighted by atomic mass is 9.95. The van der Waals surface area contributed by atoms with Gasteiger partial charge in [-0.05, 0) is 31.4 Å². The van der Waals surface area contributed by atoms with Crippen LogP contribution in [0.1, 0.15) is 36.5 Å². The van der Waals surface area contributed by atoms with Crippen LogP contribution < -0.4 is 11.1 Å². The van der Waals surface area contributed by atoms with Crippen LogP contribution in [-0.2, 0) is 4.79 Å². The van der Waals surface area contributed by atoms with E-state index in [2.05, 4.69) is 5.32 Å². The summed E-state index contributed by atoms with van der Waals surface area (Å²) in [5.74, 6) is -0.320. The molecule has 0 saturated carbocycles. The summed E-state index contributed by atoms with van der Waals surface area (Å²) >= 11 is 0. The summed E-state index contributed by atoms with van der Waals surface area (Å²) in [5, 5.41) is 13.8. The number of piperidine rings is 1. The van der Waals surface area contributed by atoms with E-state index in [-0.39, 0.29) is 34.7 Å². The third-order valence-electron chi connectivity index (χ3n) is 4.18. The molecular weight excluding hydrogens is 312 g/mol. The average Bonchev–Trinajstić information content (AvgIpc) is 2.59. The Morgan fingerprint density at radius 1 is 1.38 bits per heavy atom. The fourth-order valence-corrected chi connectivity index (χ4v) is 2.75. The SMILES string of the molecule is CCCNC(=O)C1CCN(C(=O)c2ccc(N)c([N+](=O)[O-])c2)CC1. The van der Waals surface area contributed by atoms with Crippen molar-refractivity contribution in [2.45, 2.75) is 26.2 Å². The number of nitrogens with one attached hydrogen (secondary N) is 1. The summed E-state index contributed by atoms with van der Waals surface area (Å²) in [7, 11) is 0. The highest BCUT2D eigenvalue weighted by Gasteiger charge is 2.28. The van der Waals surface area contributed by atoms with Crippen LogP contribution in [0.4, 0.5) is 11.4 Å². The highest BCUT2D eigenvalue weighted by atomic mass is 16.6. The Bertz CT molecular complexity index is 639. The van der Waals surface area contributed by atoms with Crippen molar-refractivity contribution in [3.63, 3.8) is 0 Å². The van der Waals surface area contributed by atoms with Crippen LogP contribution in [0.25, 0.3) is 0 Å². The number of hydrogen-bond donors (Lipinski definition) is 2. The molecule has 1 aromatic rings. The minimum atomic E-state index is -0.601. The Hall–Kier alpha value is -2.64. The monoisotopic (exact) mass is 334 g/mol. The van der Waals surface area contributed by atoms with Gasteiger partial charge in [0.25, 0.3) is 11.6 Å². The number of nitrogens with two attached hydrogens (primary N) is 1. The molecule has 1 aromatic carbocycles. The van der Waals surface area contributed by atoms with Gasteiger partial charge in [-0.3, -0.25) is 19.7 Å². The van der Waals surface area contributed by atoms with Crippen LogP contribution in [0.2, 0.25) is 0 Å². The predicted octanol–water partition coefficient (Wildman–Crippen LogP) is 1.56. The fraction of sp³-hybridized carbons (Fsp3) is 0.500. The zero-order chi connectivity index (χ0) is 17.7. The summed E-state index contributed by atoms with van der Waals surface area (Å²) in [6, 6.07) is 4.07. The second kappa shape index (κ2) is 7.76. The standard InChI is InChI=1S/C16H22N4O4/c1-2-7-18-15(21)11-5-8-19(9-6-11)16(22)12-3-4-13(17)14(10-12)20(23)24/h3-4,10-11H,2,5-9,17H2,1H3,(H,18,21). The minimum Gasteiger partial charge on any atom is -0.393 e. The van der Waals surface area contributed by atoms with Crippen molar-refractivity contribution >= 4 is 23.2 Å². The molecule has 1 aliphatic rings. The third kappa shape index (κ3) is 4.01. The number of anilines is 1. The first-order valence-electron chi connectivity index (χ1n) is 8.05. The summed E-state index contributed by atoms with van der Waals surface area (Å²) in [6.07, 6.45) is 2.08. The molecular formula is C16H22N4O4. The first-order valence-corrected chi connectivity index (χ1v) is 8.05. The molecule has 0 aromatic heterocycles. The van der Waals surface area contributed by atoms with Crippen LogP contribution in [0.15, 0.2) is 18.2 Å². The van der Waals surface area contributed by atoms with Crippen LogP contribution in [-0.4, -0.2) is 41.3 Å². The van der Waals surface area contributed by atoms with E-state index in [0.29, 0.717) is 32.5 Å². The van der Waals surface area contributed by atoms with Crippen molar-refractivity contribution in [1.82, 2.24) is 10.2 Å². The number of benzene rings is 1. The van der Waals surface area contributed by atoms with Crippen molar-refractivity contribution < 1.29 is 14.5 Å². The summed E-state index contributed by atoms with van der Waals surface area (Å²) in [5.41, 5.74) is 5.55. The normalized spacial score (nSPS) is 15.1. The first-order chi connectivity index (χ1) is 11.4. The molecule has 8 heteroatoms. The molecule has 1 saturated heterocycles. The van der Waals surface area contributed by atoms with Gasteiger partial charge >= 0.3 is 0 Å². The van der Waals surface area contributed by atoms with Gasteiger partial charge in [0.1, 0.15) is 5.69 Å². The summed E-state index contributed by atoms with van der Waals surface area (Å²) in [6.45, 7) is 3.57. The summed E-state index contributed by atoms with van der Waals surface area (Å²) < 4.78 is 0. The van der Waals surface area contributed by atoms with Gasteiger partial charge < -0.3 is 16.0 Å². The van der Waals surface area contributed by atoms with Gasteiger partial charge in [0, 0.05) is 37.2 Å². The van der Waals surface area contributed by atoms with E-state index in [1.807, 2.05) is 6.92 Å². The zero-order valence-corrected chi connectivity index (χ0v) is 13.7. The van der Waals surface area contributed by atoms with E-state index in [9.17, 15) is 19.7 Å². The van der Waals surface area contributed by atoms with Gasteiger partial charge in [-0.2, -0.15) is 0 Å². The Morgan fingerprint density at radius 2 is 2.04 bits per heavy atom. The van der Waals surface area contributed by atoms with Crippen molar-refractivity contribution in [3.05, 3.63) is 33.9 Å². The summed E-state index contributed by atoms with van der Waals surface area (Å²) in [4.78, 5) is 36.4. The van der Waals surface area contributed by atoms with Crippen molar-refractivity contribution in [2.24, 2.45) is 5.92 Å². The zero-order valence-electron chi connectivity index (χ0n) is 13.7. The van der Waals surface area contributed by atoms with Crippen LogP contribution in [0, 0.1) is 16.0 Å². The second-order valence-electron chi connectivity index (χ2n) is 5.89. The predicted molar refractivity (Wildman–Crippen MR) is 89.4 cm³/mol. The molecule has 2 amide bonds. The molecule has 130 valence electrons. The van der Waals surface area contributed by atoms with Crippen LogP contribution >= 0.6 is 0 Å². The maximum atomic E-state index is 12.5. The molecule has 2 rings (SSSR count).